The summed E-state index contributed by atoms with van der Waals surface area (Å²) in [6.45, 7) is 1.10. The highest BCUT2D eigenvalue weighted by Crippen LogP contribution is 2.34. The molecular weight excluding hydrogens is 320 g/mol. The summed E-state index contributed by atoms with van der Waals surface area (Å²) in [4.78, 5) is 0. The minimum Gasteiger partial charge on any atom is -0.497 e. The van der Waals surface area contributed by atoms with Gasteiger partial charge >= 0.3 is 0 Å². The highest BCUT2D eigenvalue weighted by molar-refractivity contribution is 5.67. The van der Waals surface area contributed by atoms with Gasteiger partial charge in [0, 0.05) is 11.6 Å². The Morgan fingerprint density at radius 1 is 0.960 bits per heavy atom. The van der Waals surface area contributed by atoms with Crippen molar-refractivity contribution >= 4 is 12.2 Å². The van der Waals surface area contributed by atoms with Crippen molar-refractivity contribution in [1.29, 1.82) is 0 Å². The van der Waals surface area contributed by atoms with E-state index in [9.17, 15) is 0 Å². The molecule has 0 bridgehead atoms. The van der Waals surface area contributed by atoms with E-state index in [1.807, 2.05) is 48.5 Å². The maximum absolute atomic E-state index is 5.70. The Balaban J connectivity index is 1.54. The summed E-state index contributed by atoms with van der Waals surface area (Å²) in [6.07, 6.45) is 3.66. The lowest BCUT2D eigenvalue weighted by Gasteiger charge is -2.18. The number of methoxy groups -OCH3 is 1. The number of fused-ring (bicyclic) bond motifs is 1. The fourth-order valence-electron chi connectivity index (χ4n) is 2.51. The van der Waals surface area contributed by atoms with Gasteiger partial charge < -0.3 is 18.6 Å². The van der Waals surface area contributed by atoms with Gasteiger partial charge in [0.15, 0.2) is 11.5 Å². The van der Waals surface area contributed by atoms with Gasteiger partial charge in [-0.3, -0.25) is 0 Å². The predicted molar refractivity (Wildman–Crippen MR) is 92.6 cm³/mol. The number of hydrogen-bond donors (Lipinski definition) is 0. The third-order valence-corrected chi connectivity index (χ3v) is 3.74. The van der Waals surface area contributed by atoms with Crippen molar-refractivity contribution in [3.05, 3.63) is 53.9 Å². The largest absolute Gasteiger partial charge is 0.497 e. The molecule has 2 heterocycles. The molecule has 0 amide bonds. The van der Waals surface area contributed by atoms with Crippen LogP contribution >= 0.6 is 0 Å². The number of rotatable bonds is 4. The highest BCUT2D eigenvalue weighted by atomic mass is 16.6. The summed E-state index contributed by atoms with van der Waals surface area (Å²) < 4.78 is 22.0. The summed E-state index contributed by atoms with van der Waals surface area (Å²) >= 11 is 0. The first-order valence-corrected chi connectivity index (χ1v) is 7.87. The smallest absolute Gasteiger partial charge is 0.248 e. The Morgan fingerprint density at radius 2 is 1.84 bits per heavy atom. The zero-order valence-corrected chi connectivity index (χ0v) is 13.6. The van der Waals surface area contributed by atoms with Crippen LogP contribution in [0.1, 0.15) is 11.5 Å². The molecule has 1 aromatic heterocycles. The summed E-state index contributed by atoms with van der Waals surface area (Å²) in [5.41, 5.74) is 1.77. The fraction of sp³-hybridized carbons (Fsp3) is 0.158. The Kier molecular flexibility index (Phi) is 4.08. The standard InChI is InChI=1S/C19H16N2O4/c1-22-15-4-2-3-13(11-15)5-8-18-20-21-19(25-18)14-6-7-16-17(12-14)24-10-9-23-16/h2-8,11-12H,9-10H2,1H3/b8-5+. The topological polar surface area (TPSA) is 66.6 Å². The second-order valence-electron chi connectivity index (χ2n) is 5.41. The van der Waals surface area contributed by atoms with Crippen LogP contribution in [0.3, 0.4) is 0 Å². The number of ether oxygens (including phenoxy) is 3. The molecule has 25 heavy (non-hydrogen) atoms. The average molecular weight is 336 g/mol. The third kappa shape index (κ3) is 3.33. The van der Waals surface area contributed by atoms with E-state index >= 15 is 0 Å². The van der Waals surface area contributed by atoms with Crippen LogP contribution in [0.5, 0.6) is 17.2 Å². The number of nitrogens with zero attached hydrogens (tertiary/aromatic N) is 2. The normalized spacial score (nSPS) is 13.2. The number of aromatic nitrogens is 2. The molecule has 0 atom stereocenters. The number of hydrogen-bond acceptors (Lipinski definition) is 6. The van der Waals surface area contributed by atoms with Crippen molar-refractivity contribution < 1.29 is 18.6 Å². The molecule has 6 heteroatoms. The van der Waals surface area contributed by atoms with Crippen molar-refractivity contribution in [2.24, 2.45) is 0 Å². The van der Waals surface area contributed by atoms with Gasteiger partial charge in [-0.1, -0.05) is 12.1 Å². The van der Waals surface area contributed by atoms with Gasteiger partial charge in [-0.2, -0.15) is 0 Å². The van der Waals surface area contributed by atoms with Crippen molar-refractivity contribution in [3.63, 3.8) is 0 Å². The van der Waals surface area contributed by atoms with E-state index in [1.54, 1.807) is 13.2 Å². The molecule has 6 nitrogen and oxygen atoms in total. The summed E-state index contributed by atoms with van der Waals surface area (Å²) in [6, 6.07) is 13.3. The molecule has 126 valence electrons. The SMILES string of the molecule is COc1cccc(/C=C/c2nnc(-c3ccc4c(c3)OCCO4)o2)c1. The molecule has 3 aromatic rings. The molecule has 0 aliphatic carbocycles. The summed E-state index contributed by atoms with van der Waals surface area (Å²) in [5.74, 6) is 3.07. The zero-order valence-electron chi connectivity index (χ0n) is 13.6. The first-order valence-electron chi connectivity index (χ1n) is 7.87. The predicted octanol–water partition coefficient (Wildman–Crippen LogP) is 3.69. The molecule has 0 radical (unpaired) electrons. The van der Waals surface area contributed by atoms with E-state index in [4.69, 9.17) is 18.6 Å². The quantitative estimate of drug-likeness (QED) is 0.724. The minimum absolute atomic E-state index is 0.424. The average Bonchev–Trinajstić information content (AvgIpc) is 3.15. The summed E-state index contributed by atoms with van der Waals surface area (Å²) in [5, 5.41) is 8.15. The molecule has 0 unspecified atom stereocenters. The molecule has 0 fully saturated rings. The molecule has 0 saturated carbocycles. The maximum atomic E-state index is 5.70. The Morgan fingerprint density at radius 3 is 2.72 bits per heavy atom. The first-order chi connectivity index (χ1) is 12.3. The van der Waals surface area contributed by atoms with Crippen LogP contribution in [0.2, 0.25) is 0 Å². The van der Waals surface area contributed by atoms with Crippen LogP contribution in [0.15, 0.2) is 46.9 Å². The lowest BCUT2D eigenvalue weighted by Crippen LogP contribution is -2.15. The molecule has 0 spiro atoms. The van der Waals surface area contributed by atoms with Gasteiger partial charge in [-0.25, -0.2) is 0 Å². The monoisotopic (exact) mass is 336 g/mol. The van der Waals surface area contributed by atoms with Crippen LogP contribution in [-0.4, -0.2) is 30.5 Å². The van der Waals surface area contributed by atoms with Gasteiger partial charge in [-0.15, -0.1) is 10.2 Å². The van der Waals surface area contributed by atoms with Crippen LogP contribution in [-0.2, 0) is 0 Å². The van der Waals surface area contributed by atoms with Gasteiger partial charge in [0.05, 0.1) is 7.11 Å². The molecular formula is C19H16N2O4. The van der Waals surface area contributed by atoms with Gasteiger partial charge in [0.2, 0.25) is 11.8 Å². The molecule has 4 rings (SSSR count). The van der Waals surface area contributed by atoms with Crippen LogP contribution in [0.4, 0.5) is 0 Å². The molecule has 0 saturated heterocycles. The van der Waals surface area contributed by atoms with E-state index in [0.717, 1.165) is 22.6 Å². The lowest BCUT2D eigenvalue weighted by atomic mass is 10.2. The van der Waals surface area contributed by atoms with Crippen LogP contribution < -0.4 is 14.2 Å². The molecule has 1 aliphatic heterocycles. The van der Waals surface area contributed by atoms with Crippen molar-refractivity contribution in [1.82, 2.24) is 10.2 Å². The van der Waals surface area contributed by atoms with E-state index in [1.165, 1.54) is 0 Å². The number of benzene rings is 2. The van der Waals surface area contributed by atoms with E-state index in [0.29, 0.717) is 30.7 Å². The second-order valence-corrected chi connectivity index (χ2v) is 5.41. The summed E-state index contributed by atoms with van der Waals surface area (Å²) in [7, 11) is 1.64. The fourth-order valence-corrected chi connectivity index (χ4v) is 2.51. The van der Waals surface area contributed by atoms with Gasteiger partial charge in [0.25, 0.3) is 0 Å². The Hall–Kier alpha value is -3.28. The maximum Gasteiger partial charge on any atom is 0.248 e. The van der Waals surface area contributed by atoms with E-state index < -0.39 is 0 Å². The lowest BCUT2D eigenvalue weighted by molar-refractivity contribution is 0.171. The van der Waals surface area contributed by atoms with Crippen molar-refractivity contribution in [2.45, 2.75) is 0 Å². The van der Waals surface area contributed by atoms with Gasteiger partial charge in [0.1, 0.15) is 19.0 Å². The van der Waals surface area contributed by atoms with Crippen molar-refractivity contribution in [2.75, 3.05) is 20.3 Å². The molecule has 2 aromatic carbocycles. The molecule has 1 aliphatic rings. The third-order valence-electron chi connectivity index (χ3n) is 3.74. The highest BCUT2D eigenvalue weighted by Gasteiger charge is 2.15. The van der Waals surface area contributed by atoms with Crippen LogP contribution in [0, 0.1) is 0 Å². The second kappa shape index (κ2) is 6.68. The van der Waals surface area contributed by atoms with E-state index in [2.05, 4.69) is 10.2 Å². The van der Waals surface area contributed by atoms with Crippen molar-refractivity contribution in [3.8, 4) is 28.7 Å². The zero-order chi connectivity index (χ0) is 17.1. The Bertz CT molecular complexity index is 917. The minimum atomic E-state index is 0.424. The van der Waals surface area contributed by atoms with Gasteiger partial charge in [-0.05, 0) is 42.0 Å². The first kappa shape index (κ1) is 15.3. The molecule has 0 N–H and O–H groups in total. The Labute approximate surface area is 144 Å². The van der Waals surface area contributed by atoms with Crippen LogP contribution in [0.25, 0.3) is 23.6 Å². The van der Waals surface area contributed by atoms with E-state index in [-0.39, 0.29) is 0 Å².